The predicted octanol–water partition coefficient (Wildman–Crippen LogP) is 3.29. The fourth-order valence-corrected chi connectivity index (χ4v) is 2.15. The summed E-state index contributed by atoms with van der Waals surface area (Å²) in [5.41, 5.74) is 7.74. The van der Waals surface area contributed by atoms with E-state index in [0.29, 0.717) is 11.6 Å². The summed E-state index contributed by atoms with van der Waals surface area (Å²) >= 11 is 10.9. The van der Waals surface area contributed by atoms with Gasteiger partial charge in [-0.05, 0) is 54.2 Å². The van der Waals surface area contributed by atoms with Crippen molar-refractivity contribution in [3.8, 4) is 0 Å². The Hall–Kier alpha value is -2.11. The lowest BCUT2D eigenvalue weighted by Crippen LogP contribution is -2.34. The SMILES string of the molecule is NC(=S)N(Cc1ccc(C(=O)O)cc1)c1ccc(Cl)cc1. The molecule has 3 N–H and O–H groups in total. The van der Waals surface area contributed by atoms with E-state index in [2.05, 4.69) is 0 Å². The van der Waals surface area contributed by atoms with E-state index >= 15 is 0 Å². The highest BCUT2D eigenvalue weighted by Crippen LogP contribution is 2.20. The fourth-order valence-electron chi connectivity index (χ4n) is 1.85. The zero-order valence-electron chi connectivity index (χ0n) is 11.0. The van der Waals surface area contributed by atoms with Gasteiger partial charge in [0.2, 0.25) is 0 Å². The molecule has 4 nitrogen and oxygen atoms in total. The molecule has 2 rings (SSSR count). The Morgan fingerprint density at radius 3 is 2.19 bits per heavy atom. The molecule has 0 aromatic heterocycles. The number of thiocarbonyl (C=S) groups is 1. The Kier molecular flexibility index (Phi) is 4.77. The lowest BCUT2D eigenvalue weighted by molar-refractivity contribution is 0.0697. The summed E-state index contributed by atoms with van der Waals surface area (Å²) in [6.45, 7) is 0.455. The average Bonchev–Trinajstić information content (AvgIpc) is 2.46. The van der Waals surface area contributed by atoms with Gasteiger partial charge in [-0.1, -0.05) is 23.7 Å². The van der Waals surface area contributed by atoms with Crippen LogP contribution in [0.3, 0.4) is 0 Å². The van der Waals surface area contributed by atoms with Gasteiger partial charge in [0.25, 0.3) is 0 Å². The maximum atomic E-state index is 10.8. The van der Waals surface area contributed by atoms with Crippen molar-refractivity contribution in [3.05, 3.63) is 64.7 Å². The van der Waals surface area contributed by atoms with Crippen LogP contribution in [-0.2, 0) is 6.54 Å². The van der Waals surface area contributed by atoms with E-state index in [1.54, 1.807) is 41.3 Å². The molecule has 0 aliphatic carbocycles. The number of aromatic carboxylic acids is 1. The summed E-state index contributed by atoms with van der Waals surface area (Å²) in [6, 6.07) is 13.8. The number of hydrogen-bond donors (Lipinski definition) is 2. The maximum absolute atomic E-state index is 10.8. The van der Waals surface area contributed by atoms with Gasteiger partial charge in [-0.15, -0.1) is 0 Å². The summed E-state index contributed by atoms with van der Waals surface area (Å²) in [5, 5.41) is 9.75. The molecule has 0 fully saturated rings. The van der Waals surface area contributed by atoms with Gasteiger partial charge in [0.1, 0.15) is 0 Å². The first-order valence-electron chi connectivity index (χ1n) is 6.12. The standard InChI is InChI=1S/C15H13ClN2O2S/c16-12-5-7-13(8-6-12)18(15(17)21)9-10-1-3-11(4-2-10)14(19)20/h1-8H,9H2,(H2,17,21)(H,19,20). The van der Waals surface area contributed by atoms with Gasteiger partial charge in [-0.3, -0.25) is 0 Å². The van der Waals surface area contributed by atoms with Gasteiger partial charge in [0, 0.05) is 10.7 Å². The van der Waals surface area contributed by atoms with Gasteiger partial charge < -0.3 is 15.7 Å². The molecule has 0 spiro atoms. The number of rotatable bonds is 4. The van der Waals surface area contributed by atoms with Crippen LogP contribution in [0.15, 0.2) is 48.5 Å². The molecule has 0 saturated heterocycles. The highest BCUT2D eigenvalue weighted by Gasteiger charge is 2.11. The van der Waals surface area contributed by atoms with Crippen LogP contribution < -0.4 is 10.6 Å². The van der Waals surface area contributed by atoms with Crippen molar-refractivity contribution < 1.29 is 9.90 Å². The minimum Gasteiger partial charge on any atom is -0.478 e. The van der Waals surface area contributed by atoms with E-state index < -0.39 is 5.97 Å². The molecule has 2 aromatic rings. The van der Waals surface area contributed by atoms with E-state index in [-0.39, 0.29) is 10.7 Å². The number of nitrogens with zero attached hydrogens (tertiary/aromatic N) is 1. The van der Waals surface area contributed by atoms with Crippen molar-refractivity contribution in [2.75, 3.05) is 4.90 Å². The Bertz CT molecular complexity index is 656. The van der Waals surface area contributed by atoms with Gasteiger partial charge in [0.15, 0.2) is 5.11 Å². The zero-order valence-corrected chi connectivity index (χ0v) is 12.6. The van der Waals surface area contributed by atoms with Crippen molar-refractivity contribution >= 4 is 40.6 Å². The van der Waals surface area contributed by atoms with Crippen LogP contribution in [0.4, 0.5) is 5.69 Å². The van der Waals surface area contributed by atoms with Gasteiger partial charge in [-0.25, -0.2) is 4.79 Å². The Labute approximate surface area is 132 Å². The first-order valence-corrected chi connectivity index (χ1v) is 6.91. The second-order valence-electron chi connectivity index (χ2n) is 4.40. The number of carboxylic acids is 1. The van der Waals surface area contributed by atoms with Crippen LogP contribution in [0.1, 0.15) is 15.9 Å². The second kappa shape index (κ2) is 6.56. The largest absolute Gasteiger partial charge is 0.478 e. The quantitative estimate of drug-likeness (QED) is 0.846. The van der Waals surface area contributed by atoms with E-state index in [1.807, 2.05) is 12.1 Å². The number of halogens is 1. The monoisotopic (exact) mass is 320 g/mol. The highest BCUT2D eigenvalue weighted by molar-refractivity contribution is 7.80. The molecule has 21 heavy (non-hydrogen) atoms. The van der Waals surface area contributed by atoms with Crippen molar-refractivity contribution in [1.82, 2.24) is 0 Å². The molecule has 0 atom stereocenters. The van der Waals surface area contributed by atoms with E-state index in [0.717, 1.165) is 11.3 Å². The van der Waals surface area contributed by atoms with Crippen molar-refractivity contribution in [1.29, 1.82) is 0 Å². The lowest BCUT2D eigenvalue weighted by Gasteiger charge is -2.23. The smallest absolute Gasteiger partial charge is 0.335 e. The van der Waals surface area contributed by atoms with Crippen LogP contribution >= 0.6 is 23.8 Å². The van der Waals surface area contributed by atoms with Crippen molar-refractivity contribution in [2.24, 2.45) is 5.73 Å². The third-order valence-electron chi connectivity index (χ3n) is 2.95. The summed E-state index contributed by atoms with van der Waals surface area (Å²) in [7, 11) is 0. The molecule has 0 saturated carbocycles. The average molecular weight is 321 g/mol. The second-order valence-corrected chi connectivity index (χ2v) is 5.26. The molecule has 0 amide bonds. The molecule has 0 aliphatic rings. The lowest BCUT2D eigenvalue weighted by atomic mass is 10.1. The van der Waals surface area contributed by atoms with Crippen LogP contribution in [0.5, 0.6) is 0 Å². The van der Waals surface area contributed by atoms with Crippen LogP contribution in [0, 0.1) is 0 Å². The fraction of sp³-hybridized carbons (Fsp3) is 0.0667. The predicted molar refractivity (Wildman–Crippen MR) is 87.8 cm³/mol. The summed E-state index contributed by atoms with van der Waals surface area (Å²) in [6.07, 6.45) is 0. The maximum Gasteiger partial charge on any atom is 0.335 e. The van der Waals surface area contributed by atoms with Gasteiger partial charge >= 0.3 is 5.97 Å². The third-order valence-corrected chi connectivity index (χ3v) is 3.42. The van der Waals surface area contributed by atoms with Gasteiger partial charge in [-0.2, -0.15) is 0 Å². The molecular formula is C15H13ClN2O2S. The third kappa shape index (κ3) is 3.93. The van der Waals surface area contributed by atoms with Crippen molar-refractivity contribution in [3.63, 3.8) is 0 Å². The Balaban J connectivity index is 2.22. The molecular weight excluding hydrogens is 308 g/mol. The molecule has 0 radical (unpaired) electrons. The number of benzene rings is 2. The molecule has 108 valence electrons. The first kappa shape index (κ1) is 15.3. The molecule has 0 bridgehead atoms. The minimum absolute atomic E-state index is 0.236. The summed E-state index contributed by atoms with van der Waals surface area (Å²) in [5.74, 6) is -0.953. The minimum atomic E-state index is -0.953. The Morgan fingerprint density at radius 2 is 1.71 bits per heavy atom. The van der Waals surface area contributed by atoms with Crippen LogP contribution in [-0.4, -0.2) is 16.2 Å². The molecule has 2 aromatic carbocycles. The van der Waals surface area contributed by atoms with E-state index in [1.165, 1.54) is 0 Å². The summed E-state index contributed by atoms with van der Waals surface area (Å²) in [4.78, 5) is 12.6. The molecule has 0 unspecified atom stereocenters. The number of anilines is 1. The topological polar surface area (TPSA) is 66.6 Å². The molecule has 0 aliphatic heterocycles. The zero-order chi connectivity index (χ0) is 15.4. The summed E-state index contributed by atoms with van der Waals surface area (Å²) < 4.78 is 0. The van der Waals surface area contributed by atoms with Gasteiger partial charge in [0.05, 0.1) is 12.1 Å². The van der Waals surface area contributed by atoms with Crippen LogP contribution in [0.25, 0.3) is 0 Å². The number of carbonyl (C=O) groups is 1. The van der Waals surface area contributed by atoms with Crippen LogP contribution in [0.2, 0.25) is 5.02 Å². The number of carboxylic acid groups (broad SMARTS) is 1. The normalized spacial score (nSPS) is 10.1. The number of nitrogens with two attached hydrogens (primary N) is 1. The highest BCUT2D eigenvalue weighted by atomic mass is 35.5. The molecule has 6 heteroatoms. The van der Waals surface area contributed by atoms with E-state index in [9.17, 15) is 4.79 Å². The van der Waals surface area contributed by atoms with E-state index in [4.69, 9.17) is 34.7 Å². The first-order chi connectivity index (χ1) is 9.97. The molecule has 0 heterocycles. The Morgan fingerprint density at radius 1 is 1.14 bits per heavy atom. The van der Waals surface area contributed by atoms with Crippen molar-refractivity contribution in [2.45, 2.75) is 6.54 Å². The number of hydrogen-bond acceptors (Lipinski definition) is 2.